The number of hydrogen-bond acceptors (Lipinski definition) is 1. The maximum atomic E-state index is 5.99. The van der Waals surface area contributed by atoms with Crippen molar-refractivity contribution in [2.45, 2.75) is 0 Å². The molecule has 0 aliphatic heterocycles. The fraction of sp³-hybridized carbons (Fsp3) is 0. The van der Waals surface area contributed by atoms with E-state index in [-0.39, 0.29) is 0 Å². The third-order valence-electron chi connectivity index (χ3n) is 4.38. The summed E-state index contributed by atoms with van der Waals surface area (Å²) in [4.78, 5) is 0.901. The Hall–Kier alpha value is -1.65. The summed E-state index contributed by atoms with van der Waals surface area (Å²) in [6.07, 6.45) is 0. The van der Waals surface area contributed by atoms with E-state index in [9.17, 15) is 0 Å². The van der Waals surface area contributed by atoms with Gasteiger partial charge < -0.3 is 0 Å². The van der Waals surface area contributed by atoms with Crippen LogP contribution in [0.15, 0.2) is 72.8 Å². The van der Waals surface area contributed by atoms with Gasteiger partial charge >= 0.3 is 0 Å². The number of hydrogen-bond donors (Lipinski definition) is 0. The van der Waals surface area contributed by atoms with Crippen molar-refractivity contribution in [3.05, 3.63) is 83.9 Å². The summed E-state index contributed by atoms with van der Waals surface area (Å²) in [7, 11) is 5.68. The van der Waals surface area contributed by atoms with Gasteiger partial charge in [-0.05, 0) is 32.2 Å². The Balaban J connectivity index is 2.05. The van der Waals surface area contributed by atoms with Crippen molar-refractivity contribution < 1.29 is 0 Å². The zero-order chi connectivity index (χ0) is 16.7. The minimum atomic E-state index is 0.901. The molecule has 116 valence electrons. The lowest BCUT2D eigenvalue weighted by Gasteiger charge is -2.16. The number of fused-ring (bicyclic) bond motifs is 2. The summed E-state index contributed by atoms with van der Waals surface area (Å²) in [6.45, 7) is 0. The van der Waals surface area contributed by atoms with E-state index >= 15 is 0 Å². The third kappa shape index (κ3) is 2.58. The zero-order valence-corrected chi connectivity index (χ0v) is 16.1. The van der Waals surface area contributed by atoms with Crippen molar-refractivity contribution in [1.29, 1.82) is 0 Å². The van der Waals surface area contributed by atoms with Crippen LogP contribution < -0.4 is 10.6 Å². The largest absolute Gasteiger partial charge is 0.105 e. The first kappa shape index (κ1) is 15.9. The van der Waals surface area contributed by atoms with Gasteiger partial charge in [-0.1, -0.05) is 85.0 Å². The van der Waals surface area contributed by atoms with E-state index in [1.165, 1.54) is 21.5 Å². The first-order valence-corrected chi connectivity index (χ1v) is 9.32. The average Bonchev–Trinajstić information content (AvgIpc) is 2.61. The van der Waals surface area contributed by atoms with Crippen LogP contribution in [-0.4, -0.2) is 4.86 Å². The van der Waals surface area contributed by atoms with Crippen LogP contribution >= 0.6 is 30.7 Å². The molecule has 0 spiro atoms. The lowest BCUT2D eigenvalue weighted by atomic mass is 9.94. The maximum absolute atomic E-state index is 5.99. The van der Waals surface area contributed by atoms with E-state index in [1.807, 2.05) is 0 Å². The summed E-state index contributed by atoms with van der Waals surface area (Å²) < 4.78 is 0. The van der Waals surface area contributed by atoms with E-state index in [0.29, 0.717) is 0 Å². The lowest BCUT2D eigenvalue weighted by Crippen LogP contribution is -2.16. The minimum Gasteiger partial charge on any atom is -0.105 e. The second-order valence-corrected chi connectivity index (χ2v) is 7.48. The maximum Gasteiger partial charge on any atom is 0.0546 e. The molecule has 0 aliphatic carbocycles. The van der Waals surface area contributed by atoms with Gasteiger partial charge in [0.2, 0.25) is 0 Å². The Bertz CT molecular complexity index is 1010. The Morgan fingerprint density at radius 2 is 1.00 bits per heavy atom. The van der Waals surface area contributed by atoms with Gasteiger partial charge in [0.25, 0.3) is 0 Å². The van der Waals surface area contributed by atoms with Crippen molar-refractivity contribution in [2.24, 2.45) is 0 Å². The molecule has 0 heterocycles. The third-order valence-corrected chi connectivity index (χ3v) is 5.75. The molecule has 0 saturated carbocycles. The van der Waals surface area contributed by atoms with Crippen LogP contribution in [-0.2, 0) is 0 Å². The fourth-order valence-corrected chi connectivity index (χ4v) is 4.67. The monoisotopic (exact) mass is 362 g/mol. The summed E-state index contributed by atoms with van der Waals surface area (Å²) in [5, 5.41) is 7.10. The second kappa shape index (κ2) is 6.34. The quantitative estimate of drug-likeness (QED) is 0.281. The van der Waals surface area contributed by atoms with Gasteiger partial charge in [0.1, 0.15) is 0 Å². The van der Waals surface area contributed by atoms with E-state index in [2.05, 4.69) is 91.3 Å². The highest BCUT2D eigenvalue weighted by Crippen LogP contribution is 2.26. The topological polar surface area (TPSA) is 0 Å². The summed E-state index contributed by atoms with van der Waals surface area (Å²) in [5.41, 5.74) is 2.27. The Morgan fingerprint density at radius 1 is 0.583 bits per heavy atom. The van der Waals surface area contributed by atoms with Gasteiger partial charge in [-0.25, -0.2) is 0 Å². The van der Waals surface area contributed by atoms with Gasteiger partial charge in [0, 0.05) is 11.1 Å². The van der Waals surface area contributed by atoms with Crippen molar-refractivity contribution in [2.75, 3.05) is 0 Å². The SMILES string of the molecule is Pc1ccc2ccccc2c1C(=S)c1c(P)ccc2ccccc12. The predicted octanol–water partition coefficient (Wildman–Crippen LogP) is 4.76. The van der Waals surface area contributed by atoms with Crippen molar-refractivity contribution in [3.8, 4) is 0 Å². The normalized spacial score (nSPS) is 11.1. The van der Waals surface area contributed by atoms with Crippen LogP contribution in [0.2, 0.25) is 0 Å². The summed E-state index contributed by atoms with van der Waals surface area (Å²) >= 11 is 5.99. The number of rotatable bonds is 2. The molecule has 0 nitrogen and oxygen atoms in total. The van der Waals surface area contributed by atoms with Gasteiger partial charge in [0.15, 0.2) is 0 Å². The molecule has 0 aliphatic rings. The highest BCUT2D eigenvalue weighted by Gasteiger charge is 2.16. The first-order valence-electron chi connectivity index (χ1n) is 7.76. The Labute approximate surface area is 151 Å². The molecule has 0 amide bonds. The molecule has 2 atom stereocenters. The van der Waals surface area contributed by atoms with E-state index in [1.54, 1.807) is 0 Å². The van der Waals surface area contributed by atoms with Crippen LogP contribution in [0, 0.1) is 0 Å². The van der Waals surface area contributed by atoms with E-state index in [0.717, 1.165) is 26.6 Å². The standard InChI is InChI=1S/C21H16P2S/c22-17-11-9-13-5-1-3-7-15(13)19(17)21(24)20-16-8-4-2-6-14(16)10-12-18(20)23/h1-12H,22-23H2. The summed E-state index contributed by atoms with van der Waals surface area (Å²) in [6, 6.07) is 25.4. The smallest absolute Gasteiger partial charge is 0.0546 e. The van der Waals surface area contributed by atoms with Gasteiger partial charge in [-0.2, -0.15) is 0 Å². The molecule has 4 aromatic rings. The molecule has 2 unspecified atom stereocenters. The van der Waals surface area contributed by atoms with Crippen LogP contribution in [0.5, 0.6) is 0 Å². The molecule has 4 aromatic carbocycles. The van der Waals surface area contributed by atoms with E-state index < -0.39 is 0 Å². The molecule has 0 bridgehead atoms. The molecular weight excluding hydrogens is 346 g/mol. The fourth-order valence-electron chi connectivity index (χ4n) is 3.21. The van der Waals surface area contributed by atoms with Crippen molar-refractivity contribution in [1.82, 2.24) is 0 Å². The van der Waals surface area contributed by atoms with Gasteiger partial charge in [0.05, 0.1) is 4.86 Å². The lowest BCUT2D eigenvalue weighted by molar-refractivity contribution is 1.73. The molecule has 0 fully saturated rings. The van der Waals surface area contributed by atoms with Crippen molar-refractivity contribution >= 4 is 67.7 Å². The Morgan fingerprint density at radius 3 is 1.46 bits per heavy atom. The molecule has 4 rings (SSSR count). The average molecular weight is 362 g/mol. The molecular formula is C21H16P2S. The predicted molar refractivity (Wildman–Crippen MR) is 117 cm³/mol. The van der Waals surface area contributed by atoms with Crippen LogP contribution in [0.25, 0.3) is 21.5 Å². The van der Waals surface area contributed by atoms with Gasteiger partial charge in [-0.15, -0.1) is 18.5 Å². The molecule has 0 saturated heterocycles. The van der Waals surface area contributed by atoms with E-state index in [4.69, 9.17) is 12.2 Å². The van der Waals surface area contributed by atoms with Crippen molar-refractivity contribution in [3.63, 3.8) is 0 Å². The van der Waals surface area contributed by atoms with Gasteiger partial charge in [-0.3, -0.25) is 0 Å². The van der Waals surface area contributed by atoms with Crippen LogP contribution in [0.4, 0.5) is 0 Å². The Kier molecular flexibility index (Phi) is 4.19. The van der Waals surface area contributed by atoms with Crippen LogP contribution in [0.3, 0.4) is 0 Å². The highest BCUT2D eigenvalue weighted by molar-refractivity contribution is 7.81. The second-order valence-electron chi connectivity index (χ2n) is 5.83. The zero-order valence-electron chi connectivity index (χ0n) is 13.0. The molecule has 0 aromatic heterocycles. The minimum absolute atomic E-state index is 0.901. The number of thiocarbonyl (C=S) groups is 1. The number of benzene rings is 4. The first-order chi connectivity index (χ1) is 11.7. The molecule has 0 N–H and O–H groups in total. The highest BCUT2D eigenvalue weighted by atomic mass is 32.1. The van der Waals surface area contributed by atoms with Crippen LogP contribution in [0.1, 0.15) is 11.1 Å². The molecule has 0 radical (unpaired) electrons. The molecule has 24 heavy (non-hydrogen) atoms. The summed E-state index contributed by atoms with van der Waals surface area (Å²) in [5.74, 6) is 0. The molecule has 3 heteroatoms.